The first kappa shape index (κ1) is 14.1. The zero-order valence-corrected chi connectivity index (χ0v) is 11.3. The minimum absolute atomic E-state index is 0.727. The summed E-state index contributed by atoms with van der Waals surface area (Å²) in [5, 5.41) is 3.48. The second-order valence-electron chi connectivity index (χ2n) is 4.82. The fourth-order valence-electron chi connectivity index (χ4n) is 1.72. The van der Waals surface area contributed by atoms with Crippen LogP contribution in [0.5, 0.6) is 0 Å². The predicted molar refractivity (Wildman–Crippen MR) is 72.9 cm³/mol. The minimum atomic E-state index is 0.727. The lowest BCUT2D eigenvalue weighted by Crippen LogP contribution is -2.33. The highest BCUT2D eigenvalue weighted by atomic mass is 15.1. The molecule has 0 spiro atoms. The molecule has 96 valence electrons. The Morgan fingerprint density at radius 3 is 2.59 bits per heavy atom. The molecular weight excluding hydrogens is 210 g/mol. The van der Waals surface area contributed by atoms with Gasteiger partial charge < -0.3 is 5.32 Å². The molecule has 3 nitrogen and oxygen atoms in total. The van der Waals surface area contributed by atoms with Gasteiger partial charge in [0.15, 0.2) is 0 Å². The van der Waals surface area contributed by atoms with Crippen LogP contribution in [0.15, 0.2) is 24.5 Å². The third-order valence-corrected chi connectivity index (χ3v) is 2.76. The monoisotopic (exact) mass is 235 g/mol. The molecule has 1 aromatic heterocycles. The van der Waals surface area contributed by atoms with Crippen LogP contribution >= 0.6 is 0 Å². The Kier molecular flexibility index (Phi) is 6.82. The van der Waals surface area contributed by atoms with Crippen LogP contribution < -0.4 is 5.32 Å². The smallest absolute Gasteiger partial charge is 0.0271 e. The molecule has 0 saturated heterocycles. The summed E-state index contributed by atoms with van der Waals surface area (Å²) in [5.74, 6) is 0.727. The molecule has 17 heavy (non-hydrogen) atoms. The molecule has 0 aliphatic rings. The van der Waals surface area contributed by atoms with Crippen molar-refractivity contribution in [1.82, 2.24) is 15.2 Å². The summed E-state index contributed by atoms with van der Waals surface area (Å²) in [5.41, 5.74) is 1.34. The minimum Gasteiger partial charge on any atom is -0.315 e. The maximum Gasteiger partial charge on any atom is 0.0271 e. The molecule has 0 fully saturated rings. The normalized spacial score (nSPS) is 11.4. The molecule has 0 atom stereocenters. The quantitative estimate of drug-likeness (QED) is 0.700. The molecule has 0 amide bonds. The highest BCUT2D eigenvalue weighted by molar-refractivity contribution is 5.09. The van der Waals surface area contributed by atoms with Crippen LogP contribution in [0.25, 0.3) is 0 Å². The first-order valence-corrected chi connectivity index (χ1v) is 6.54. The van der Waals surface area contributed by atoms with Gasteiger partial charge in [0, 0.05) is 32.0 Å². The van der Waals surface area contributed by atoms with Crippen LogP contribution in [0, 0.1) is 5.92 Å². The average molecular weight is 235 g/mol. The van der Waals surface area contributed by atoms with E-state index in [9.17, 15) is 0 Å². The summed E-state index contributed by atoms with van der Waals surface area (Å²) in [4.78, 5) is 6.49. The molecular formula is C14H25N3. The van der Waals surface area contributed by atoms with E-state index in [-0.39, 0.29) is 0 Å². The SMILES string of the molecule is CCN(CCNCC(C)C)Cc1ccncc1. The predicted octanol–water partition coefficient (Wildman–Crippen LogP) is 2.15. The molecule has 0 saturated carbocycles. The summed E-state index contributed by atoms with van der Waals surface area (Å²) in [6.07, 6.45) is 3.72. The molecule has 0 aliphatic heterocycles. The van der Waals surface area contributed by atoms with Crippen molar-refractivity contribution < 1.29 is 0 Å². The van der Waals surface area contributed by atoms with Gasteiger partial charge >= 0.3 is 0 Å². The Labute approximate surface area is 105 Å². The van der Waals surface area contributed by atoms with Gasteiger partial charge in [-0.15, -0.1) is 0 Å². The number of hydrogen-bond acceptors (Lipinski definition) is 3. The number of nitrogens with zero attached hydrogens (tertiary/aromatic N) is 2. The summed E-state index contributed by atoms with van der Waals surface area (Å²) >= 11 is 0. The Hall–Kier alpha value is -0.930. The van der Waals surface area contributed by atoms with Crippen LogP contribution in [0.1, 0.15) is 26.3 Å². The molecule has 3 heteroatoms. The number of pyridine rings is 1. The van der Waals surface area contributed by atoms with Crippen LogP contribution in [-0.2, 0) is 6.54 Å². The third-order valence-electron chi connectivity index (χ3n) is 2.76. The number of aromatic nitrogens is 1. The Balaban J connectivity index is 2.24. The molecule has 1 heterocycles. The van der Waals surface area contributed by atoms with Gasteiger partial charge in [-0.2, -0.15) is 0 Å². The lowest BCUT2D eigenvalue weighted by atomic mass is 10.2. The van der Waals surface area contributed by atoms with Crippen molar-refractivity contribution in [3.05, 3.63) is 30.1 Å². The van der Waals surface area contributed by atoms with E-state index in [1.54, 1.807) is 0 Å². The van der Waals surface area contributed by atoms with Crippen molar-refractivity contribution in [3.8, 4) is 0 Å². The van der Waals surface area contributed by atoms with Gasteiger partial charge in [0.2, 0.25) is 0 Å². The Morgan fingerprint density at radius 1 is 1.29 bits per heavy atom. The molecule has 1 N–H and O–H groups in total. The topological polar surface area (TPSA) is 28.2 Å². The van der Waals surface area contributed by atoms with Gasteiger partial charge in [-0.1, -0.05) is 20.8 Å². The van der Waals surface area contributed by atoms with Crippen LogP contribution in [0.3, 0.4) is 0 Å². The number of likely N-dealkylation sites (N-methyl/N-ethyl adjacent to an activating group) is 1. The molecule has 0 aliphatic carbocycles. The van der Waals surface area contributed by atoms with E-state index < -0.39 is 0 Å². The van der Waals surface area contributed by atoms with Crippen LogP contribution in [0.2, 0.25) is 0 Å². The van der Waals surface area contributed by atoms with Gasteiger partial charge in [0.1, 0.15) is 0 Å². The number of rotatable bonds is 8. The van der Waals surface area contributed by atoms with Gasteiger partial charge in [0.05, 0.1) is 0 Å². The molecule has 0 aromatic carbocycles. The largest absolute Gasteiger partial charge is 0.315 e. The maximum atomic E-state index is 4.04. The van der Waals surface area contributed by atoms with Gasteiger partial charge in [-0.05, 0) is 36.7 Å². The maximum absolute atomic E-state index is 4.04. The third kappa shape index (κ3) is 6.39. The number of nitrogens with one attached hydrogen (secondary N) is 1. The van der Waals surface area contributed by atoms with Crippen molar-refractivity contribution in [3.63, 3.8) is 0 Å². The summed E-state index contributed by atoms with van der Waals surface area (Å²) < 4.78 is 0. The van der Waals surface area contributed by atoms with E-state index in [1.165, 1.54) is 5.56 Å². The fraction of sp³-hybridized carbons (Fsp3) is 0.643. The van der Waals surface area contributed by atoms with E-state index in [4.69, 9.17) is 0 Å². The summed E-state index contributed by atoms with van der Waals surface area (Å²) in [6.45, 7) is 12.1. The summed E-state index contributed by atoms with van der Waals surface area (Å²) in [7, 11) is 0. The van der Waals surface area contributed by atoms with Crippen molar-refractivity contribution in [1.29, 1.82) is 0 Å². The number of hydrogen-bond donors (Lipinski definition) is 1. The van der Waals surface area contributed by atoms with Crippen LogP contribution in [0.4, 0.5) is 0 Å². The second kappa shape index (κ2) is 8.20. The second-order valence-corrected chi connectivity index (χ2v) is 4.82. The van der Waals surface area contributed by atoms with Gasteiger partial charge in [0.25, 0.3) is 0 Å². The highest BCUT2D eigenvalue weighted by Crippen LogP contribution is 2.02. The van der Waals surface area contributed by atoms with Crippen molar-refractivity contribution in [2.45, 2.75) is 27.3 Å². The van der Waals surface area contributed by atoms with Gasteiger partial charge in [-0.25, -0.2) is 0 Å². The lowest BCUT2D eigenvalue weighted by Gasteiger charge is -2.20. The molecule has 1 aromatic rings. The van der Waals surface area contributed by atoms with E-state index in [0.717, 1.165) is 38.6 Å². The van der Waals surface area contributed by atoms with E-state index in [2.05, 4.69) is 48.1 Å². The van der Waals surface area contributed by atoms with Gasteiger partial charge in [-0.3, -0.25) is 9.88 Å². The molecule has 0 radical (unpaired) electrons. The standard InChI is InChI=1S/C14H25N3/c1-4-17(10-9-16-11-13(2)3)12-14-5-7-15-8-6-14/h5-8,13,16H,4,9-12H2,1-3H3. The molecule has 0 bridgehead atoms. The van der Waals surface area contributed by atoms with E-state index in [1.807, 2.05) is 12.4 Å². The first-order chi connectivity index (χ1) is 8.22. The van der Waals surface area contributed by atoms with E-state index in [0.29, 0.717) is 0 Å². The summed E-state index contributed by atoms with van der Waals surface area (Å²) in [6, 6.07) is 4.18. The van der Waals surface area contributed by atoms with Crippen molar-refractivity contribution >= 4 is 0 Å². The highest BCUT2D eigenvalue weighted by Gasteiger charge is 2.03. The van der Waals surface area contributed by atoms with Crippen molar-refractivity contribution in [2.24, 2.45) is 5.92 Å². The van der Waals surface area contributed by atoms with Crippen LogP contribution in [-0.4, -0.2) is 36.1 Å². The Bertz CT molecular complexity index is 285. The lowest BCUT2D eigenvalue weighted by molar-refractivity contribution is 0.277. The molecule has 1 rings (SSSR count). The average Bonchev–Trinajstić information content (AvgIpc) is 2.34. The van der Waals surface area contributed by atoms with E-state index >= 15 is 0 Å². The fourth-order valence-corrected chi connectivity index (χ4v) is 1.72. The zero-order valence-electron chi connectivity index (χ0n) is 11.3. The van der Waals surface area contributed by atoms with Crippen molar-refractivity contribution in [2.75, 3.05) is 26.2 Å². The molecule has 0 unspecified atom stereocenters. The zero-order chi connectivity index (χ0) is 12.5. The first-order valence-electron chi connectivity index (χ1n) is 6.54. The Morgan fingerprint density at radius 2 is 2.00 bits per heavy atom.